The highest BCUT2D eigenvalue weighted by Crippen LogP contribution is 2.34. The van der Waals surface area contributed by atoms with Gasteiger partial charge in [-0.2, -0.15) is 0 Å². The van der Waals surface area contributed by atoms with Gasteiger partial charge in [0.15, 0.2) is 5.13 Å². The second kappa shape index (κ2) is 5.01. The van der Waals surface area contributed by atoms with Gasteiger partial charge >= 0.3 is 0 Å². The van der Waals surface area contributed by atoms with E-state index in [0.717, 1.165) is 10.5 Å². The zero-order chi connectivity index (χ0) is 14.3. The Morgan fingerprint density at radius 1 is 1.00 bits per heavy atom. The quantitative estimate of drug-likeness (QED) is 0.796. The second-order valence-electron chi connectivity index (χ2n) is 3.96. The van der Waals surface area contributed by atoms with Crippen LogP contribution < -0.4 is 4.90 Å². The zero-order valence-electron chi connectivity index (χ0n) is 9.84. The van der Waals surface area contributed by atoms with Crippen LogP contribution >= 0.6 is 34.5 Å². The lowest BCUT2D eigenvalue weighted by molar-refractivity contribution is -0.120. The third-order valence-electron chi connectivity index (χ3n) is 2.73. The highest BCUT2D eigenvalue weighted by atomic mass is 35.5. The number of imide groups is 1. The van der Waals surface area contributed by atoms with E-state index < -0.39 is 11.8 Å². The Labute approximate surface area is 128 Å². The first-order valence-corrected chi connectivity index (χ1v) is 7.18. The highest BCUT2D eigenvalue weighted by molar-refractivity contribution is 7.14. The van der Waals surface area contributed by atoms with Gasteiger partial charge in [-0.05, 0) is 0 Å². The maximum absolute atomic E-state index is 11.9. The lowest BCUT2D eigenvalue weighted by Gasteiger charge is -2.09. The van der Waals surface area contributed by atoms with Gasteiger partial charge < -0.3 is 0 Å². The number of benzene rings is 1. The maximum atomic E-state index is 11.9. The van der Waals surface area contributed by atoms with Crippen molar-refractivity contribution in [2.75, 3.05) is 4.90 Å². The molecule has 0 bridgehead atoms. The van der Waals surface area contributed by atoms with Crippen molar-refractivity contribution in [1.29, 1.82) is 0 Å². The number of nitrogens with zero attached hydrogens (tertiary/aromatic N) is 2. The van der Waals surface area contributed by atoms with E-state index in [4.69, 9.17) is 23.2 Å². The first kappa shape index (κ1) is 13.3. The molecule has 3 rings (SSSR count). The molecule has 0 spiro atoms. The molecule has 1 aromatic heterocycles. The summed E-state index contributed by atoms with van der Waals surface area (Å²) in [5.74, 6) is -1.29. The van der Waals surface area contributed by atoms with E-state index in [1.54, 1.807) is 5.38 Å². The fourth-order valence-electron chi connectivity index (χ4n) is 1.76. The van der Waals surface area contributed by atoms with Gasteiger partial charge in [-0.1, -0.05) is 53.5 Å². The number of hydrogen-bond donors (Lipinski definition) is 0. The zero-order valence-corrected chi connectivity index (χ0v) is 12.2. The Kier molecular flexibility index (Phi) is 3.33. The van der Waals surface area contributed by atoms with Crippen LogP contribution in [0.25, 0.3) is 11.3 Å². The van der Waals surface area contributed by atoms with E-state index >= 15 is 0 Å². The average molecular weight is 325 g/mol. The Morgan fingerprint density at radius 2 is 1.60 bits per heavy atom. The van der Waals surface area contributed by atoms with Crippen molar-refractivity contribution < 1.29 is 9.59 Å². The molecule has 0 aliphatic carbocycles. The van der Waals surface area contributed by atoms with Crippen LogP contribution in [0.5, 0.6) is 0 Å². The van der Waals surface area contributed by atoms with Gasteiger partial charge in [-0.15, -0.1) is 11.3 Å². The minimum atomic E-state index is -0.643. The summed E-state index contributed by atoms with van der Waals surface area (Å²) >= 11 is 12.6. The Morgan fingerprint density at radius 3 is 2.20 bits per heavy atom. The summed E-state index contributed by atoms with van der Waals surface area (Å²) in [6, 6.07) is 9.45. The number of anilines is 1. The Balaban J connectivity index is 1.97. The number of hydrogen-bond acceptors (Lipinski definition) is 4. The maximum Gasteiger partial charge on any atom is 0.280 e. The van der Waals surface area contributed by atoms with Gasteiger partial charge in [-0.3, -0.25) is 9.59 Å². The minimum Gasteiger partial charge on any atom is -0.267 e. The van der Waals surface area contributed by atoms with Crippen LogP contribution in [0.3, 0.4) is 0 Å². The summed E-state index contributed by atoms with van der Waals surface area (Å²) in [6.45, 7) is 0. The standard InChI is InChI=1S/C13H6Cl2N2O2S/c14-9-10(15)12(19)17(11(9)18)13-16-8(6-20-13)7-4-2-1-3-5-7/h1-6H. The summed E-state index contributed by atoms with van der Waals surface area (Å²) in [5, 5.41) is 1.49. The van der Waals surface area contributed by atoms with E-state index in [9.17, 15) is 9.59 Å². The van der Waals surface area contributed by atoms with Crippen molar-refractivity contribution in [3.05, 3.63) is 45.8 Å². The van der Waals surface area contributed by atoms with Gasteiger partial charge in [0, 0.05) is 10.9 Å². The van der Waals surface area contributed by atoms with Crippen LogP contribution in [0.2, 0.25) is 0 Å². The number of carbonyl (C=O) groups is 2. The van der Waals surface area contributed by atoms with Crippen LogP contribution in [-0.4, -0.2) is 16.8 Å². The molecule has 0 N–H and O–H groups in total. The Hall–Kier alpha value is -1.69. The molecule has 20 heavy (non-hydrogen) atoms. The molecule has 0 radical (unpaired) electrons. The van der Waals surface area contributed by atoms with E-state index in [2.05, 4.69) is 4.98 Å². The lowest BCUT2D eigenvalue weighted by Crippen LogP contribution is -2.30. The first-order valence-electron chi connectivity index (χ1n) is 5.54. The molecule has 2 heterocycles. The molecular weight excluding hydrogens is 319 g/mol. The predicted molar refractivity (Wildman–Crippen MR) is 78.8 cm³/mol. The van der Waals surface area contributed by atoms with Gasteiger partial charge in [0.05, 0.1) is 5.69 Å². The molecule has 2 amide bonds. The highest BCUT2D eigenvalue weighted by Gasteiger charge is 2.39. The van der Waals surface area contributed by atoms with E-state index in [1.165, 1.54) is 11.3 Å². The number of thiazole rings is 1. The normalized spacial score (nSPS) is 15.4. The van der Waals surface area contributed by atoms with Crippen molar-refractivity contribution in [2.45, 2.75) is 0 Å². The van der Waals surface area contributed by atoms with Gasteiger partial charge in [0.1, 0.15) is 10.1 Å². The van der Waals surface area contributed by atoms with Crippen LogP contribution in [0.1, 0.15) is 0 Å². The van der Waals surface area contributed by atoms with E-state index in [-0.39, 0.29) is 15.2 Å². The molecule has 0 unspecified atom stereocenters. The van der Waals surface area contributed by atoms with Crippen LogP contribution in [0, 0.1) is 0 Å². The number of amides is 2. The predicted octanol–water partition coefficient (Wildman–Crippen LogP) is 3.37. The molecule has 1 aromatic carbocycles. The van der Waals surface area contributed by atoms with Crippen molar-refractivity contribution in [1.82, 2.24) is 4.98 Å². The van der Waals surface area contributed by atoms with Gasteiger partial charge in [-0.25, -0.2) is 9.88 Å². The van der Waals surface area contributed by atoms with Crippen LogP contribution in [-0.2, 0) is 9.59 Å². The summed E-state index contributed by atoms with van der Waals surface area (Å²) in [5.41, 5.74) is 1.59. The fraction of sp³-hybridized carbons (Fsp3) is 0. The van der Waals surface area contributed by atoms with Crippen molar-refractivity contribution in [2.24, 2.45) is 0 Å². The topological polar surface area (TPSA) is 50.3 Å². The molecule has 1 aliphatic heterocycles. The largest absolute Gasteiger partial charge is 0.280 e. The van der Waals surface area contributed by atoms with Crippen molar-refractivity contribution >= 4 is 51.5 Å². The SMILES string of the molecule is O=C1C(Cl)=C(Cl)C(=O)N1c1nc(-c2ccccc2)cs1. The second-order valence-corrected chi connectivity index (χ2v) is 5.55. The van der Waals surface area contributed by atoms with Crippen molar-refractivity contribution in [3.8, 4) is 11.3 Å². The van der Waals surface area contributed by atoms with Crippen LogP contribution in [0.15, 0.2) is 45.8 Å². The molecule has 1 aliphatic rings. The third kappa shape index (κ3) is 2.04. The first-order chi connectivity index (χ1) is 9.59. The molecule has 2 aromatic rings. The van der Waals surface area contributed by atoms with Crippen molar-refractivity contribution in [3.63, 3.8) is 0 Å². The fourth-order valence-corrected chi connectivity index (χ4v) is 2.92. The number of halogens is 2. The lowest BCUT2D eigenvalue weighted by atomic mass is 10.2. The summed E-state index contributed by atoms with van der Waals surface area (Å²) in [6.07, 6.45) is 0. The molecular formula is C13H6Cl2N2O2S. The summed E-state index contributed by atoms with van der Waals surface area (Å²) < 4.78 is 0. The molecule has 0 saturated carbocycles. The summed E-state index contributed by atoms with van der Waals surface area (Å²) in [4.78, 5) is 28.9. The smallest absolute Gasteiger partial charge is 0.267 e. The molecule has 0 atom stereocenters. The monoisotopic (exact) mass is 324 g/mol. The van der Waals surface area contributed by atoms with E-state index in [1.807, 2.05) is 30.3 Å². The molecule has 0 fully saturated rings. The third-order valence-corrected chi connectivity index (χ3v) is 4.35. The number of rotatable bonds is 2. The number of aromatic nitrogens is 1. The Bertz CT molecular complexity index is 716. The molecule has 7 heteroatoms. The van der Waals surface area contributed by atoms with Crippen LogP contribution in [0.4, 0.5) is 5.13 Å². The van der Waals surface area contributed by atoms with Gasteiger partial charge in [0.2, 0.25) is 0 Å². The molecule has 4 nitrogen and oxygen atoms in total. The van der Waals surface area contributed by atoms with Gasteiger partial charge in [0.25, 0.3) is 11.8 Å². The van der Waals surface area contributed by atoms with E-state index in [0.29, 0.717) is 5.69 Å². The average Bonchev–Trinajstić information content (AvgIpc) is 3.02. The number of carbonyl (C=O) groups excluding carboxylic acids is 2. The minimum absolute atomic E-state index is 0.257. The summed E-state index contributed by atoms with van der Waals surface area (Å²) in [7, 11) is 0. The molecule has 0 saturated heterocycles. The molecule has 100 valence electrons.